The average molecular weight is 567 g/mol. The van der Waals surface area contributed by atoms with Gasteiger partial charge in [0.2, 0.25) is 5.91 Å². The number of halogens is 1. The van der Waals surface area contributed by atoms with Gasteiger partial charge in [-0.25, -0.2) is 8.51 Å². The number of piperazine rings is 1. The van der Waals surface area contributed by atoms with Gasteiger partial charge in [0.1, 0.15) is 5.66 Å². The number of hydrogen-bond acceptors (Lipinski definition) is 7. The van der Waals surface area contributed by atoms with Crippen LogP contribution in [-0.4, -0.2) is 99.7 Å². The first-order chi connectivity index (χ1) is 17.2. The number of piperidine rings is 1. The molecule has 2 aromatic rings. The monoisotopic (exact) mass is 566 g/mol. The molecule has 0 N–H and O–H groups in total. The smallest absolute Gasteiger partial charge is 0.298 e. The van der Waals surface area contributed by atoms with Crippen LogP contribution in [0.4, 0.5) is 0 Å². The summed E-state index contributed by atoms with van der Waals surface area (Å²) in [6, 6.07) is 7.70. The third-order valence-corrected chi connectivity index (χ3v) is 12.3. The highest BCUT2D eigenvalue weighted by Gasteiger charge is 2.62. The molecule has 2 unspecified atom stereocenters. The van der Waals surface area contributed by atoms with Crippen molar-refractivity contribution in [2.24, 2.45) is 0 Å². The minimum atomic E-state index is -1.47. The zero-order valence-corrected chi connectivity index (χ0v) is 23.3. The maximum absolute atomic E-state index is 13.5. The number of likely N-dealkylation sites (N-methyl/N-ethyl adjacent to an activating group) is 1. The van der Waals surface area contributed by atoms with Gasteiger partial charge in [-0.15, -0.1) is 17.8 Å². The molecule has 3 fully saturated rings. The number of nitrogens with zero attached hydrogens (tertiary/aromatic N) is 4. The molecule has 36 heavy (non-hydrogen) atoms. The van der Waals surface area contributed by atoms with Crippen LogP contribution in [0, 0.1) is 12.3 Å². The van der Waals surface area contributed by atoms with E-state index in [1.165, 1.54) is 22.1 Å². The van der Waals surface area contributed by atoms with E-state index in [2.05, 4.69) is 10.8 Å². The first-order valence-electron chi connectivity index (χ1n) is 11.5. The second kappa shape index (κ2) is 9.91. The third kappa shape index (κ3) is 4.36. The Morgan fingerprint density at radius 3 is 2.75 bits per heavy atom. The van der Waals surface area contributed by atoms with Crippen LogP contribution in [0.25, 0.3) is 10.1 Å². The van der Waals surface area contributed by atoms with E-state index in [1.807, 2.05) is 36.2 Å². The number of hydrogen-bond donors (Lipinski definition) is 0. The van der Waals surface area contributed by atoms with E-state index in [9.17, 15) is 13.8 Å². The number of carbonyl (C=O) groups excluding carboxylic acids is 2. The fourth-order valence-corrected chi connectivity index (χ4v) is 10.1. The van der Waals surface area contributed by atoms with Gasteiger partial charge in [-0.2, -0.15) is 0 Å². The van der Waals surface area contributed by atoms with E-state index >= 15 is 0 Å². The van der Waals surface area contributed by atoms with Crippen LogP contribution in [0.3, 0.4) is 0 Å². The summed E-state index contributed by atoms with van der Waals surface area (Å²) in [5.41, 5.74) is -1.04. The van der Waals surface area contributed by atoms with Crippen LogP contribution < -0.4 is 0 Å². The molecule has 1 aromatic carbocycles. The number of benzene rings is 1. The molecule has 1 spiro atoms. The quantitative estimate of drug-likeness (QED) is 0.409. The molecule has 2 atom stereocenters. The van der Waals surface area contributed by atoms with E-state index in [0.717, 1.165) is 14.3 Å². The number of methoxy groups -OCH3 is 1. The zero-order chi connectivity index (χ0) is 25.7. The zero-order valence-electron chi connectivity index (χ0n) is 20.1. The predicted octanol–water partition coefficient (Wildman–Crippen LogP) is 2.65. The summed E-state index contributed by atoms with van der Waals surface area (Å²) in [4.78, 5) is 31.3. The van der Waals surface area contributed by atoms with Crippen molar-refractivity contribution in [3.05, 3.63) is 29.3 Å². The van der Waals surface area contributed by atoms with Crippen molar-refractivity contribution in [2.45, 2.75) is 28.3 Å². The SMILES string of the molecule is C#CC(=O)N1CCC2(CC1)CN1C(=O)CN(S(=O)Sc3cc4ccc(Cl)cc4s3)CC1(COC)N2C. The summed E-state index contributed by atoms with van der Waals surface area (Å²) >= 11 is 7.66. The second-order valence-electron chi connectivity index (χ2n) is 9.46. The van der Waals surface area contributed by atoms with Gasteiger partial charge in [0.05, 0.1) is 23.9 Å². The first kappa shape index (κ1) is 26.0. The van der Waals surface area contributed by atoms with E-state index in [0.29, 0.717) is 50.7 Å². The molecule has 1 aromatic heterocycles. The lowest BCUT2D eigenvalue weighted by molar-refractivity contribution is -0.152. The molecular formula is C24H27ClN4O4S3. The number of carbonyl (C=O) groups is 2. The van der Waals surface area contributed by atoms with Gasteiger partial charge in [-0.05, 0) is 49.4 Å². The van der Waals surface area contributed by atoms with Gasteiger partial charge in [0, 0.05) is 52.8 Å². The fourth-order valence-electron chi connectivity index (χ4n) is 5.67. The molecule has 192 valence electrons. The standard InChI is InChI=1S/C24H27ClN4O4S3/c1-4-20(30)27-9-7-23(8-10-27)14-29-21(31)13-28(15-24(29,16-33-3)26(23)2)36(32)35-22-11-17-5-6-18(25)12-19(17)34-22/h1,5-6,11-12H,7-10,13-16H2,2-3H3. The Labute approximate surface area is 225 Å². The number of ether oxygens (including phenoxy) is 1. The van der Waals surface area contributed by atoms with E-state index in [1.54, 1.807) is 16.3 Å². The van der Waals surface area contributed by atoms with E-state index in [-0.39, 0.29) is 23.9 Å². The Kier molecular flexibility index (Phi) is 7.15. The van der Waals surface area contributed by atoms with Crippen molar-refractivity contribution < 1.29 is 18.5 Å². The Bertz CT molecular complexity index is 1270. The first-order valence-corrected chi connectivity index (χ1v) is 15.2. The second-order valence-corrected chi connectivity index (χ2v) is 14.2. The molecule has 3 saturated heterocycles. The van der Waals surface area contributed by atoms with Crippen LogP contribution in [0.5, 0.6) is 0 Å². The Balaban J connectivity index is 1.37. The van der Waals surface area contributed by atoms with Gasteiger partial charge in [-0.1, -0.05) is 17.7 Å². The predicted molar refractivity (Wildman–Crippen MR) is 144 cm³/mol. The van der Waals surface area contributed by atoms with Crippen LogP contribution >= 0.6 is 33.7 Å². The summed E-state index contributed by atoms with van der Waals surface area (Å²) in [5.74, 6) is 1.83. The van der Waals surface area contributed by atoms with Gasteiger partial charge >= 0.3 is 0 Å². The number of fused-ring (bicyclic) bond motifs is 2. The molecule has 0 radical (unpaired) electrons. The van der Waals surface area contributed by atoms with Gasteiger partial charge < -0.3 is 14.5 Å². The van der Waals surface area contributed by atoms with E-state index < -0.39 is 15.7 Å². The maximum Gasteiger partial charge on any atom is 0.298 e. The molecular weight excluding hydrogens is 540 g/mol. The number of thiophene rings is 1. The van der Waals surface area contributed by atoms with Gasteiger partial charge in [-0.3, -0.25) is 14.5 Å². The molecule has 3 aliphatic heterocycles. The lowest BCUT2D eigenvalue weighted by Crippen LogP contribution is -2.69. The molecule has 3 aliphatic rings. The normalized spacial score (nSPS) is 25.3. The molecule has 8 nitrogen and oxygen atoms in total. The van der Waals surface area contributed by atoms with Crippen molar-refractivity contribution in [3.63, 3.8) is 0 Å². The Morgan fingerprint density at radius 1 is 1.31 bits per heavy atom. The van der Waals surface area contributed by atoms with Crippen molar-refractivity contribution in [3.8, 4) is 12.3 Å². The van der Waals surface area contributed by atoms with Crippen LogP contribution in [0.1, 0.15) is 12.8 Å². The summed E-state index contributed by atoms with van der Waals surface area (Å²) in [7, 11) is 3.42. The highest BCUT2D eigenvalue weighted by molar-refractivity contribution is 8.68. The summed E-state index contributed by atoms with van der Waals surface area (Å²) in [5, 5.41) is 1.71. The fraction of sp³-hybridized carbons (Fsp3) is 0.500. The molecule has 4 heterocycles. The van der Waals surface area contributed by atoms with Gasteiger partial charge in [0.15, 0.2) is 10.0 Å². The highest BCUT2D eigenvalue weighted by Crippen LogP contribution is 2.46. The number of rotatable bonds is 5. The Hall–Kier alpha value is -1.65. The maximum atomic E-state index is 13.5. The molecule has 12 heteroatoms. The lowest BCUT2D eigenvalue weighted by atomic mass is 9.86. The number of terminal acetylenes is 1. The summed E-state index contributed by atoms with van der Waals surface area (Å²) < 4.78 is 22.8. The Morgan fingerprint density at radius 2 is 2.06 bits per heavy atom. The minimum absolute atomic E-state index is 0.0683. The lowest BCUT2D eigenvalue weighted by Gasteiger charge is -2.50. The molecule has 0 aliphatic carbocycles. The van der Waals surface area contributed by atoms with Crippen LogP contribution in [0.15, 0.2) is 28.5 Å². The minimum Gasteiger partial charge on any atom is -0.381 e. The topological polar surface area (TPSA) is 73.4 Å². The third-order valence-electron chi connectivity index (χ3n) is 7.64. The molecule has 0 saturated carbocycles. The molecule has 2 amide bonds. The number of amides is 2. The largest absolute Gasteiger partial charge is 0.381 e. The summed E-state index contributed by atoms with van der Waals surface area (Å²) in [6.07, 6.45) is 6.72. The van der Waals surface area contributed by atoms with Crippen molar-refractivity contribution in [2.75, 3.05) is 53.5 Å². The van der Waals surface area contributed by atoms with Gasteiger partial charge in [0.25, 0.3) is 5.91 Å². The molecule has 5 rings (SSSR count). The van der Waals surface area contributed by atoms with Crippen LogP contribution in [-0.2, 0) is 24.3 Å². The number of likely N-dealkylation sites (tertiary alicyclic amines) is 1. The van der Waals surface area contributed by atoms with Crippen molar-refractivity contribution in [1.29, 1.82) is 0 Å². The van der Waals surface area contributed by atoms with Crippen molar-refractivity contribution in [1.82, 2.24) is 19.0 Å². The summed E-state index contributed by atoms with van der Waals surface area (Å²) in [6.45, 7) is 2.40. The highest BCUT2D eigenvalue weighted by atomic mass is 35.5. The van der Waals surface area contributed by atoms with Crippen molar-refractivity contribution >= 4 is 65.6 Å². The van der Waals surface area contributed by atoms with Crippen LogP contribution in [0.2, 0.25) is 5.02 Å². The average Bonchev–Trinajstić information content (AvgIpc) is 3.36. The molecule has 0 bridgehead atoms. The van der Waals surface area contributed by atoms with E-state index in [4.69, 9.17) is 22.8 Å².